The molecule has 0 spiro atoms. The molecule has 0 heterocycles. The van der Waals surface area contributed by atoms with E-state index in [0.717, 1.165) is 5.56 Å². The molecular weight excluding hydrogens is 344 g/mol. The Hall–Kier alpha value is -2.86. The molecule has 0 fully saturated rings. The van der Waals surface area contributed by atoms with Crippen LogP contribution in [0.5, 0.6) is 0 Å². The molecule has 0 aliphatic heterocycles. The third kappa shape index (κ3) is 5.93. The highest BCUT2D eigenvalue weighted by molar-refractivity contribution is 6.30. The predicted molar refractivity (Wildman–Crippen MR) is 94.6 cm³/mol. The monoisotopic (exact) mass is 360 g/mol. The normalized spacial score (nSPS) is 10.0. The number of rotatable bonds is 6. The molecule has 2 aromatic carbocycles. The summed E-state index contributed by atoms with van der Waals surface area (Å²) >= 11 is 5.84. The molecule has 2 N–H and O–H groups in total. The largest absolute Gasteiger partial charge is 0.454 e. The van der Waals surface area contributed by atoms with Gasteiger partial charge in [-0.1, -0.05) is 29.8 Å². The SMILES string of the molecule is Cc1cc(Cl)ccc1NC(=O)COC(=O)CNC(=O)c1ccccc1. The molecule has 0 atom stereocenters. The molecule has 0 radical (unpaired) electrons. The van der Waals surface area contributed by atoms with Crippen LogP contribution in [0.4, 0.5) is 5.69 Å². The first-order valence-corrected chi connectivity index (χ1v) is 7.88. The van der Waals surface area contributed by atoms with Gasteiger partial charge in [0.15, 0.2) is 6.61 Å². The van der Waals surface area contributed by atoms with E-state index in [1.807, 2.05) is 0 Å². The first-order valence-electron chi connectivity index (χ1n) is 7.50. The highest BCUT2D eigenvalue weighted by atomic mass is 35.5. The Morgan fingerprint density at radius 2 is 1.80 bits per heavy atom. The number of anilines is 1. The highest BCUT2D eigenvalue weighted by Gasteiger charge is 2.11. The first-order chi connectivity index (χ1) is 12.0. The second-order valence-electron chi connectivity index (χ2n) is 5.22. The molecule has 7 heteroatoms. The van der Waals surface area contributed by atoms with Gasteiger partial charge in [-0.15, -0.1) is 0 Å². The molecule has 25 heavy (non-hydrogen) atoms. The number of amides is 2. The topological polar surface area (TPSA) is 84.5 Å². The fourth-order valence-electron chi connectivity index (χ4n) is 1.99. The minimum atomic E-state index is -0.702. The summed E-state index contributed by atoms with van der Waals surface area (Å²) in [7, 11) is 0. The smallest absolute Gasteiger partial charge is 0.325 e. The lowest BCUT2D eigenvalue weighted by molar-refractivity contribution is -0.146. The second kappa shape index (κ2) is 8.84. The van der Waals surface area contributed by atoms with Gasteiger partial charge >= 0.3 is 5.97 Å². The number of carbonyl (C=O) groups is 3. The molecule has 0 bridgehead atoms. The van der Waals surface area contributed by atoms with Gasteiger partial charge in [0, 0.05) is 16.3 Å². The summed E-state index contributed by atoms with van der Waals surface area (Å²) in [5, 5.41) is 5.61. The average Bonchev–Trinajstić information content (AvgIpc) is 2.61. The van der Waals surface area contributed by atoms with Crippen LogP contribution >= 0.6 is 11.6 Å². The van der Waals surface area contributed by atoms with Gasteiger partial charge in [0.25, 0.3) is 11.8 Å². The number of nitrogens with one attached hydrogen (secondary N) is 2. The van der Waals surface area contributed by atoms with Crippen LogP contribution in [0.3, 0.4) is 0 Å². The summed E-state index contributed by atoms with van der Waals surface area (Å²) in [6, 6.07) is 13.5. The Bertz CT molecular complexity index is 778. The lowest BCUT2D eigenvalue weighted by atomic mass is 10.2. The van der Waals surface area contributed by atoms with Crippen molar-refractivity contribution in [3.63, 3.8) is 0 Å². The van der Waals surface area contributed by atoms with E-state index >= 15 is 0 Å². The van der Waals surface area contributed by atoms with Gasteiger partial charge in [-0.3, -0.25) is 14.4 Å². The number of esters is 1. The zero-order chi connectivity index (χ0) is 18.2. The van der Waals surface area contributed by atoms with Crippen molar-refractivity contribution in [2.75, 3.05) is 18.5 Å². The Morgan fingerprint density at radius 3 is 2.48 bits per heavy atom. The zero-order valence-corrected chi connectivity index (χ0v) is 14.3. The van der Waals surface area contributed by atoms with Crippen molar-refractivity contribution in [1.29, 1.82) is 0 Å². The van der Waals surface area contributed by atoms with Crippen LogP contribution in [-0.2, 0) is 14.3 Å². The molecule has 2 amide bonds. The Labute approximate surface area is 150 Å². The fourth-order valence-corrected chi connectivity index (χ4v) is 2.22. The van der Waals surface area contributed by atoms with E-state index in [-0.39, 0.29) is 6.54 Å². The molecule has 0 aliphatic rings. The summed E-state index contributed by atoms with van der Waals surface area (Å²) in [5.74, 6) is -1.57. The third-order valence-electron chi connectivity index (χ3n) is 3.26. The highest BCUT2D eigenvalue weighted by Crippen LogP contribution is 2.19. The van der Waals surface area contributed by atoms with Crippen molar-refractivity contribution in [3.05, 3.63) is 64.7 Å². The lowest BCUT2D eigenvalue weighted by Gasteiger charge is -2.09. The average molecular weight is 361 g/mol. The van der Waals surface area contributed by atoms with E-state index in [1.165, 1.54) is 0 Å². The van der Waals surface area contributed by atoms with Gasteiger partial charge < -0.3 is 15.4 Å². The molecule has 2 rings (SSSR count). The molecular formula is C18H17ClN2O4. The summed E-state index contributed by atoms with van der Waals surface area (Å²) in [5.41, 5.74) is 1.82. The number of benzene rings is 2. The van der Waals surface area contributed by atoms with E-state index in [4.69, 9.17) is 16.3 Å². The van der Waals surface area contributed by atoms with E-state index in [9.17, 15) is 14.4 Å². The van der Waals surface area contributed by atoms with E-state index < -0.39 is 24.4 Å². The van der Waals surface area contributed by atoms with Crippen molar-refractivity contribution in [3.8, 4) is 0 Å². The third-order valence-corrected chi connectivity index (χ3v) is 3.49. The molecule has 2 aromatic rings. The zero-order valence-electron chi connectivity index (χ0n) is 13.5. The molecule has 0 unspecified atom stereocenters. The summed E-state index contributed by atoms with van der Waals surface area (Å²) < 4.78 is 4.83. The van der Waals surface area contributed by atoms with Crippen LogP contribution in [0.25, 0.3) is 0 Å². The van der Waals surface area contributed by atoms with Crippen LogP contribution in [0.1, 0.15) is 15.9 Å². The maximum absolute atomic E-state index is 11.8. The number of halogens is 1. The van der Waals surface area contributed by atoms with Crippen LogP contribution in [0, 0.1) is 6.92 Å². The van der Waals surface area contributed by atoms with Crippen molar-refractivity contribution in [1.82, 2.24) is 5.32 Å². The Balaban J connectivity index is 1.74. The standard InChI is InChI=1S/C18H17ClN2O4/c1-12-9-14(19)7-8-15(12)21-16(22)11-25-17(23)10-20-18(24)13-5-3-2-4-6-13/h2-9H,10-11H2,1H3,(H,20,24)(H,21,22). The van der Waals surface area contributed by atoms with Gasteiger partial charge in [0.05, 0.1) is 0 Å². The molecule has 0 saturated heterocycles. The van der Waals surface area contributed by atoms with E-state index in [0.29, 0.717) is 16.3 Å². The fraction of sp³-hybridized carbons (Fsp3) is 0.167. The van der Waals surface area contributed by atoms with Gasteiger partial charge in [-0.2, -0.15) is 0 Å². The first kappa shape index (κ1) is 18.5. The van der Waals surface area contributed by atoms with Crippen LogP contribution in [0.15, 0.2) is 48.5 Å². The number of hydrogen-bond acceptors (Lipinski definition) is 4. The van der Waals surface area contributed by atoms with Crippen molar-refractivity contribution in [2.45, 2.75) is 6.92 Å². The Morgan fingerprint density at radius 1 is 1.08 bits per heavy atom. The minimum Gasteiger partial charge on any atom is -0.454 e. The molecule has 6 nitrogen and oxygen atoms in total. The lowest BCUT2D eigenvalue weighted by Crippen LogP contribution is -2.32. The predicted octanol–water partition coefficient (Wildman–Crippen LogP) is 2.56. The van der Waals surface area contributed by atoms with Gasteiger partial charge in [-0.05, 0) is 42.8 Å². The van der Waals surface area contributed by atoms with E-state index in [1.54, 1.807) is 55.5 Å². The van der Waals surface area contributed by atoms with Gasteiger partial charge in [0.1, 0.15) is 6.54 Å². The van der Waals surface area contributed by atoms with Crippen molar-refractivity contribution >= 4 is 35.1 Å². The maximum Gasteiger partial charge on any atom is 0.325 e. The number of carbonyl (C=O) groups excluding carboxylic acids is 3. The molecule has 130 valence electrons. The van der Waals surface area contributed by atoms with E-state index in [2.05, 4.69) is 10.6 Å². The van der Waals surface area contributed by atoms with Crippen LogP contribution < -0.4 is 10.6 Å². The summed E-state index contributed by atoms with van der Waals surface area (Å²) in [4.78, 5) is 35.2. The quantitative estimate of drug-likeness (QED) is 0.775. The number of ether oxygens (including phenoxy) is 1. The van der Waals surface area contributed by atoms with Gasteiger partial charge in [-0.25, -0.2) is 0 Å². The second-order valence-corrected chi connectivity index (χ2v) is 5.65. The molecule has 0 aromatic heterocycles. The van der Waals surface area contributed by atoms with Crippen molar-refractivity contribution < 1.29 is 19.1 Å². The van der Waals surface area contributed by atoms with Gasteiger partial charge in [0.2, 0.25) is 0 Å². The minimum absolute atomic E-state index is 0.318. The van der Waals surface area contributed by atoms with Crippen LogP contribution in [-0.4, -0.2) is 30.9 Å². The summed E-state index contributed by atoms with van der Waals surface area (Å²) in [6.45, 7) is 1.04. The maximum atomic E-state index is 11.8. The van der Waals surface area contributed by atoms with Crippen LogP contribution in [0.2, 0.25) is 5.02 Å². The number of hydrogen-bond donors (Lipinski definition) is 2. The number of aryl methyl sites for hydroxylation is 1. The van der Waals surface area contributed by atoms with Crippen molar-refractivity contribution in [2.24, 2.45) is 0 Å². The Kier molecular flexibility index (Phi) is 6.54. The summed E-state index contributed by atoms with van der Waals surface area (Å²) in [6.07, 6.45) is 0. The molecule has 0 saturated carbocycles. The molecule has 0 aliphatic carbocycles.